The van der Waals surface area contributed by atoms with Crippen LogP contribution in [0.15, 0.2) is 28.7 Å². The SMILES string of the molecule is CC1(C)CCCC1(O)Cc1ccccc1Br. The van der Waals surface area contributed by atoms with E-state index in [0.29, 0.717) is 0 Å². The first-order valence-corrected chi connectivity index (χ1v) is 6.70. The summed E-state index contributed by atoms with van der Waals surface area (Å²) in [5.41, 5.74) is 0.694. The summed E-state index contributed by atoms with van der Waals surface area (Å²) in [6.07, 6.45) is 3.92. The van der Waals surface area contributed by atoms with Crippen LogP contribution < -0.4 is 0 Å². The van der Waals surface area contributed by atoms with Gasteiger partial charge in [0.1, 0.15) is 0 Å². The standard InChI is InChI=1S/C14H19BrO/c1-13(2)8-5-9-14(13,16)10-11-6-3-4-7-12(11)15/h3-4,6-7,16H,5,8-10H2,1-2H3. The van der Waals surface area contributed by atoms with Crippen molar-refractivity contribution in [1.82, 2.24) is 0 Å². The molecule has 2 rings (SSSR count). The zero-order valence-corrected chi connectivity index (χ0v) is 11.5. The lowest BCUT2D eigenvalue weighted by Gasteiger charge is -2.37. The van der Waals surface area contributed by atoms with Crippen LogP contribution in [-0.2, 0) is 6.42 Å². The first kappa shape index (κ1) is 12.1. The third-order valence-corrected chi connectivity index (χ3v) is 4.87. The summed E-state index contributed by atoms with van der Waals surface area (Å²) >= 11 is 3.55. The lowest BCUT2D eigenvalue weighted by atomic mass is 9.74. The second-order valence-corrected chi connectivity index (χ2v) is 6.39. The van der Waals surface area contributed by atoms with E-state index in [4.69, 9.17) is 0 Å². The Balaban J connectivity index is 2.25. The van der Waals surface area contributed by atoms with Crippen LogP contribution in [0.1, 0.15) is 38.7 Å². The van der Waals surface area contributed by atoms with Crippen molar-refractivity contribution in [2.75, 3.05) is 0 Å². The molecule has 0 aromatic heterocycles. The van der Waals surface area contributed by atoms with Crippen LogP contribution in [0.3, 0.4) is 0 Å². The maximum absolute atomic E-state index is 10.8. The van der Waals surface area contributed by atoms with Crippen LogP contribution in [0, 0.1) is 5.41 Å². The smallest absolute Gasteiger partial charge is 0.0738 e. The third kappa shape index (κ3) is 2.05. The molecule has 0 saturated heterocycles. The molecule has 1 nitrogen and oxygen atoms in total. The Morgan fingerprint density at radius 1 is 1.25 bits per heavy atom. The third-order valence-electron chi connectivity index (χ3n) is 4.09. The molecule has 0 amide bonds. The maximum atomic E-state index is 10.8. The predicted molar refractivity (Wildman–Crippen MR) is 70.4 cm³/mol. The van der Waals surface area contributed by atoms with E-state index < -0.39 is 5.60 Å². The summed E-state index contributed by atoms with van der Waals surface area (Å²) in [7, 11) is 0. The molecule has 1 fully saturated rings. The van der Waals surface area contributed by atoms with Crippen LogP contribution in [0.5, 0.6) is 0 Å². The molecule has 88 valence electrons. The molecule has 1 aromatic carbocycles. The van der Waals surface area contributed by atoms with Gasteiger partial charge < -0.3 is 5.11 Å². The number of rotatable bonds is 2. The Kier molecular flexibility index (Phi) is 3.15. The Bertz CT molecular complexity index is 386. The molecular formula is C14H19BrO. The first-order chi connectivity index (χ1) is 7.45. The van der Waals surface area contributed by atoms with E-state index in [0.717, 1.165) is 30.2 Å². The number of hydrogen-bond acceptors (Lipinski definition) is 1. The minimum absolute atomic E-state index is 0.0300. The zero-order chi connectivity index (χ0) is 11.8. The van der Waals surface area contributed by atoms with E-state index in [1.807, 2.05) is 18.2 Å². The molecule has 0 aliphatic heterocycles. The van der Waals surface area contributed by atoms with Crippen molar-refractivity contribution < 1.29 is 5.11 Å². The van der Waals surface area contributed by atoms with Gasteiger partial charge >= 0.3 is 0 Å². The van der Waals surface area contributed by atoms with E-state index >= 15 is 0 Å². The molecule has 1 aliphatic rings. The van der Waals surface area contributed by atoms with Gasteiger partial charge in [0, 0.05) is 10.9 Å². The highest BCUT2D eigenvalue weighted by atomic mass is 79.9. The minimum atomic E-state index is -0.545. The van der Waals surface area contributed by atoms with Crippen molar-refractivity contribution in [3.8, 4) is 0 Å². The molecule has 1 unspecified atom stereocenters. The van der Waals surface area contributed by atoms with Crippen molar-refractivity contribution >= 4 is 15.9 Å². The van der Waals surface area contributed by atoms with Gasteiger partial charge in [-0.1, -0.05) is 48.0 Å². The fraction of sp³-hybridized carbons (Fsp3) is 0.571. The fourth-order valence-electron chi connectivity index (χ4n) is 2.68. The van der Waals surface area contributed by atoms with Gasteiger partial charge in [-0.25, -0.2) is 0 Å². The Morgan fingerprint density at radius 2 is 1.94 bits per heavy atom. The molecule has 1 saturated carbocycles. The highest BCUT2D eigenvalue weighted by Gasteiger charge is 2.47. The summed E-state index contributed by atoms with van der Waals surface area (Å²) in [5, 5.41) is 10.8. The Hall–Kier alpha value is -0.340. The number of halogens is 1. The molecule has 1 aliphatic carbocycles. The molecule has 0 bridgehead atoms. The van der Waals surface area contributed by atoms with Gasteiger partial charge in [-0.15, -0.1) is 0 Å². The molecular weight excluding hydrogens is 264 g/mol. The summed E-state index contributed by atoms with van der Waals surface area (Å²) in [5.74, 6) is 0. The monoisotopic (exact) mass is 282 g/mol. The van der Waals surface area contributed by atoms with Gasteiger partial charge in [-0.2, -0.15) is 0 Å². The van der Waals surface area contributed by atoms with Crippen molar-refractivity contribution in [3.05, 3.63) is 34.3 Å². The average Bonchev–Trinajstić information content (AvgIpc) is 2.45. The molecule has 2 heteroatoms. The molecule has 1 aromatic rings. The summed E-state index contributed by atoms with van der Waals surface area (Å²) in [4.78, 5) is 0. The van der Waals surface area contributed by atoms with Crippen LogP contribution in [0.2, 0.25) is 0 Å². The van der Waals surface area contributed by atoms with E-state index in [1.165, 1.54) is 5.56 Å². The molecule has 16 heavy (non-hydrogen) atoms. The predicted octanol–water partition coefficient (Wildman–Crippen LogP) is 3.93. The quantitative estimate of drug-likeness (QED) is 0.871. The summed E-state index contributed by atoms with van der Waals surface area (Å²) in [6, 6.07) is 8.18. The summed E-state index contributed by atoms with van der Waals surface area (Å²) < 4.78 is 1.10. The van der Waals surface area contributed by atoms with Gasteiger partial charge in [0.2, 0.25) is 0 Å². The number of hydrogen-bond donors (Lipinski definition) is 1. The first-order valence-electron chi connectivity index (χ1n) is 5.90. The van der Waals surface area contributed by atoms with Crippen molar-refractivity contribution in [2.45, 2.75) is 45.1 Å². The minimum Gasteiger partial charge on any atom is -0.389 e. The normalized spacial score (nSPS) is 28.2. The molecule has 0 spiro atoms. The maximum Gasteiger partial charge on any atom is 0.0738 e. The lowest BCUT2D eigenvalue weighted by molar-refractivity contribution is -0.0420. The second-order valence-electron chi connectivity index (χ2n) is 5.54. The number of benzene rings is 1. The Morgan fingerprint density at radius 3 is 2.50 bits per heavy atom. The van der Waals surface area contributed by atoms with Gasteiger partial charge in [0.15, 0.2) is 0 Å². The highest BCUT2D eigenvalue weighted by Crippen LogP contribution is 2.48. The topological polar surface area (TPSA) is 20.2 Å². The second kappa shape index (κ2) is 4.15. The lowest BCUT2D eigenvalue weighted by Crippen LogP contribution is -2.41. The molecule has 0 heterocycles. The van der Waals surface area contributed by atoms with Crippen molar-refractivity contribution in [2.24, 2.45) is 5.41 Å². The molecule has 0 radical (unpaired) electrons. The molecule has 1 atom stereocenters. The largest absolute Gasteiger partial charge is 0.389 e. The van der Waals surface area contributed by atoms with Crippen molar-refractivity contribution in [3.63, 3.8) is 0 Å². The number of aliphatic hydroxyl groups is 1. The molecule has 1 N–H and O–H groups in total. The van der Waals surface area contributed by atoms with Gasteiger partial charge in [-0.05, 0) is 36.3 Å². The van der Waals surface area contributed by atoms with E-state index in [1.54, 1.807) is 0 Å². The van der Waals surface area contributed by atoms with Crippen LogP contribution >= 0.6 is 15.9 Å². The van der Waals surface area contributed by atoms with E-state index in [-0.39, 0.29) is 5.41 Å². The summed E-state index contributed by atoms with van der Waals surface area (Å²) in [6.45, 7) is 4.35. The Labute approximate surface area is 106 Å². The highest BCUT2D eigenvalue weighted by molar-refractivity contribution is 9.10. The van der Waals surface area contributed by atoms with E-state index in [2.05, 4.69) is 35.8 Å². The fourth-order valence-corrected chi connectivity index (χ4v) is 3.10. The zero-order valence-electron chi connectivity index (χ0n) is 9.96. The van der Waals surface area contributed by atoms with Gasteiger partial charge in [-0.3, -0.25) is 0 Å². The van der Waals surface area contributed by atoms with Crippen LogP contribution in [0.25, 0.3) is 0 Å². The van der Waals surface area contributed by atoms with E-state index in [9.17, 15) is 5.11 Å². The van der Waals surface area contributed by atoms with Crippen molar-refractivity contribution in [1.29, 1.82) is 0 Å². The van der Waals surface area contributed by atoms with Crippen LogP contribution in [-0.4, -0.2) is 10.7 Å². The van der Waals surface area contributed by atoms with Gasteiger partial charge in [0.25, 0.3) is 0 Å². The average molecular weight is 283 g/mol. The van der Waals surface area contributed by atoms with Gasteiger partial charge in [0.05, 0.1) is 5.60 Å². The van der Waals surface area contributed by atoms with Crippen LogP contribution in [0.4, 0.5) is 0 Å².